The van der Waals surface area contributed by atoms with Crippen LogP contribution in [0.25, 0.3) is 0 Å². The molecule has 3 N–H and O–H groups in total. The van der Waals surface area contributed by atoms with Gasteiger partial charge in [0, 0.05) is 25.2 Å². The highest BCUT2D eigenvalue weighted by molar-refractivity contribution is 5.55. The Kier molecular flexibility index (Phi) is 6.18. The van der Waals surface area contributed by atoms with Crippen molar-refractivity contribution in [1.29, 1.82) is 0 Å². The number of aromatic nitrogens is 1. The first-order chi connectivity index (χ1) is 12.0. The number of nitrogens with one attached hydrogen (secondary N) is 1. The molecular formula is C20H34N4O. The van der Waals surface area contributed by atoms with Crippen molar-refractivity contribution in [2.24, 2.45) is 5.73 Å². The molecule has 5 nitrogen and oxygen atoms in total. The van der Waals surface area contributed by atoms with Gasteiger partial charge in [-0.15, -0.1) is 0 Å². The van der Waals surface area contributed by atoms with Gasteiger partial charge in [-0.05, 0) is 58.1 Å². The molecule has 2 heterocycles. The molecular weight excluding hydrogens is 312 g/mol. The van der Waals surface area contributed by atoms with E-state index in [-0.39, 0.29) is 12.2 Å². The van der Waals surface area contributed by atoms with E-state index in [2.05, 4.69) is 43.1 Å². The zero-order chi connectivity index (χ0) is 17.8. The SMILES string of the molecule is CCCc1nc(N2C[C@@H](C)O[C@@H](C)C2)ccc1NC1CCC(N)CC1. The van der Waals surface area contributed by atoms with E-state index in [1.807, 2.05) is 0 Å². The van der Waals surface area contributed by atoms with Crippen molar-refractivity contribution in [3.63, 3.8) is 0 Å². The molecule has 25 heavy (non-hydrogen) atoms. The third-order valence-electron chi connectivity index (χ3n) is 5.32. The number of hydrogen-bond donors (Lipinski definition) is 2. The Labute approximate surface area is 152 Å². The van der Waals surface area contributed by atoms with Crippen molar-refractivity contribution in [2.45, 2.75) is 83.6 Å². The second kappa shape index (κ2) is 8.37. The van der Waals surface area contributed by atoms with E-state index in [0.29, 0.717) is 12.1 Å². The molecule has 1 aromatic rings. The van der Waals surface area contributed by atoms with E-state index >= 15 is 0 Å². The topological polar surface area (TPSA) is 63.4 Å². The van der Waals surface area contributed by atoms with Crippen LogP contribution in [-0.2, 0) is 11.2 Å². The summed E-state index contributed by atoms with van der Waals surface area (Å²) in [5.74, 6) is 1.08. The van der Waals surface area contributed by atoms with Crippen LogP contribution in [0.15, 0.2) is 12.1 Å². The van der Waals surface area contributed by atoms with Crippen LogP contribution >= 0.6 is 0 Å². The molecule has 2 aliphatic rings. The fraction of sp³-hybridized carbons (Fsp3) is 0.750. The number of rotatable bonds is 5. The lowest BCUT2D eigenvalue weighted by Gasteiger charge is -2.36. The number of hydrogen-bond acceptors (Lipinski definition) is 5. The summed E-state index contributed by atoms with van der Waals surface area (Å²) in [4.78, 5) is 7.38. The van der Waals surface area contributed by atoms with Crippen molar-refractivity contribution in [1.82, 2.24) is 4.98 Å². The Morgan fingerprint density at radius 2 is 1.84 bits per heavy atom. The maximum absolute atomic E-state index is 6.04. The standard InChI is InChI=1S/C20H34N4O/c1-4-5-18-19(22-17-8-6-16(21)7-9-17)10-11-20(23-18)24-12-14(2)25-15(3)13-24/h10-11,14-17,22H,4-9,12-13,21H2,1-3H3/t14-,15+,16?,17?. The van der Waals surface area contributed by atoms with E-state index < -0.39 is 0 Å². The maximum Gasteiger partial charge on any atom is 0.129 e. The van der Waals surface area contributed by atoms with Gasteiger partial charge in [0.2, 0.25) is 0 Å². The summed E-state index contributed by atoms with van der Waals surface area (Å²) in [6, 6.07) is 5.32. The molecule has 1 aromatic heterocycles. The molecule has 0 aromatic carbocycles. The number of nitrogens with two attached hydrogens (primary N) is 1. The van der Waals surface area contributed by atoms with Crippen LogP contribution < -0.4 is 16.0 Å². The summed E-state index contributed by atoms with van der Waals surface area (Å²) >= 11 is 0. The number of morpholine rings is 1. The predicted molar refractivity (Wildman–Crippen MR) is 104 cm³/mol. The van der Waals surface area contributed by atoms with Gasteiger partial charge in [-0.3, -0.25) is 0 Å². The second-order valence-corrected chi connectivity index (χ2v) is 7.83. The predicted octanol–water partition coefficient (Wildman–Crippen LogP) is 3.33. The molecule has 0 unspecified atom stereocenters. The first-order valence-electron chi connectivity index (χ1n) is 9.97. The lowest BCUT2D eigenvalue weighted by atomic mass is 9.91. The van der Waals surface area contributed by atoms with Crippen LogP contribution in [0.1, 0.15) is 58.6 Å². The highest BCUT2D eigenvalue weighted by atomic mass is 16.5. The Morgan fingerprint density at radius 1 is 1.16 bits per heavy atom. The molecule has 1 saturated heterocycles. The molecule has 0 amide bonds. The molecule has 1 saturated carbocycles. The normalized spacial score (nSPS) is 30.3. The number of anilines is 2. The van der Waals surface area contributed by atoms with Gasteiger partial charge in [0.05, 0.1) is 23.6 Å². The van der Waals surface area contributed by atoms with Crippen molar-refractivity contribution in [2.75, 3.05) is 23.3 Å². The smallest absolute Gasteiger partial charge is 0.129 e. The van der Waals surface area contributed by atoms with Crippen LogP contribution in [0.4, 0.5) is 11.5 Å². The molecule has 3 rings (SSSR count). The molecule has 0 spiro atoms. The zero-order valence-electron chi connectivity index (χ0n) is 16.0. The van der Waals surface area contributed by atoms with Gasteiger partial charge in [-0.2, -0.15) is 0 Å². The molecule has 1 aliphatic carbocycles. The fourth-order valence-corrected chi connectivity index (χ4v) is 4.07. The lowest BCUT2D eigenvalue weighted by Crippen LogP contribution is -2.45. The summed E-state index contributed by atoms with van der Waals surface area (Å²) in [5.41, 5.74) is 8.44. The summed E-state index contributed by atoms with van der Waals surface area (Å²) < 4.78 is 5.86. The average Bonchev–Trinajstić information content (AvgIpc) is 2.58. The number of aryl methyl sites for hydroxylation is 1. The molecule has 0 bridgehead atoms. The summed E-state index contributed by atoms with van der Waals surface area (Å²) in [5, 5.41) is 3.74. The molecule has 0 radical (unpaired) electrons. The van der Waals surface area contributed by atoms with Gasteiger partial charge in [0.1, 0.15) is 5.82 Å². The van der Waals surface area contributed by atoms with Crippen molar-refractivity contribution >= 4 is 11.5 Å². The number of ether oxygens (including phenoxy) is 1. The lowest BCUT2D eigenvalue weighted by molar-refractivity contribution is -0.00546. The quantitative estimate of drug-likeness (QED) is 0.856. The zero-order valence-corrected chi connectivity index (χ0v) is 16.0. The number of nitrogens with zero attached hydrogens (tertiary/aromatic N) is 2. The van der Waals surface area contributed by atoms with E-state index in [1.165, 1.54) is 11.4 Å². The van der Waals surface area contributed by atoms with Gasteiger partial charge in [0.15, 0.2) is 0 Å². The monoisotopic (exact) mass is 346 g/mol. The maximum atomic E-state index is 6.04. The average molecular weight is 347 g/mol. The Bertz CT molecular complexity index is 547. The molecule has 5 heteroatoms. The van der Waals surface area contributed by atoms with Crippen molar-refractivity contribution in [3.05, 3.63) is 17.8 Å². The van der Waals surface area contributed by atoms with Gasteiger partial charge in [0.25, 0.3) is 0 Å². The molecule has 2 atom stereocenters. The minimum atomic E-state index is 0.254. The molecule has 2 fully saturated rings. The van der Waals surface area contributed by atoms with Gasteiger partial charge in [-0.25, -0.2) is 4.98 Å². The third kappa shape index (κ3) is 4.85. The summed E-state index contributed by atoms with van der Waals surface area (Å²) in [6.07, 6.45) is 7.19. The van der Waals surface area contributed by atoms with Crippen LogP contribution in [0.2, 0.25) is 0 Å². The van der Waals surface area contributed by atoms with Crippen LogP contribution in [0.5, 0.6) is 0 Å². The highest BCUT2D eigenvalue weighted by Gasteiger charge is 2.24. The van der Waals surface area contributed by atoms with Crippen LogP contribution in [-0.4, -0.2) is 42.4 Å². The first-order valence-corrected chi connectivity index (χ1v) is 9.97. The second-order valence-electron chi connectivity index (χ2n) is 7.83. The van der Waals surface area contributed by atoms with E-state index in [4.69, 9.17) is 15.5 Å². The van der Waals surface area contributed by atoms with Gasteiger partial charge < -0.3 is 20.7 Å². The van der Waals surface area contributed by atoms with Gasteiger partial charge in [-0.1, -0.05) is 13.3 Å². The molecule has 1 aliphatic heterocycles. The summed E-state index contributed by atoms with van der Waals surface area (Å²) in [6.45, 7) is 8.32. The van der Waals surface area contributed by atoms with Crippen LogP contribution in [0, 0.1) is 0 Å². The number of pyridine rings is 1. The fourth-order valence-electron chi connectivity index (χ4n) is 4.07. The van der Waals surface area contributed by atoms with Crippen LogP contribution in [0.3, 0.4) is 0 Å². The van der Waals surface area contributed by atoms with E-state index in [9.17, 15) is 0 Å². The Balaban J connectivity index is 1.73. The largest absolute Gasteiger partial charge is 0.381 e. The Morgan fingerprint density at radius 3 is 2.48 bits per heavy atom. The van der Waals surface area contributed by atoms with Gasteiger partial charge >= 0.3 is 0 Å². The Hall–Kier alpha value is -1.33. The molecule has 140 valence electrons. The minimum absolute atomic E-state index is 0.254. The van der Waals surface area contributed by atoms with Crippen molar-refractivity contribution < 1.29 is 4.74 Å². The summed E-state index contributed by atoms with van der Waals surface area (Å²) in [7, 11) is 0. The van der Waals surface area contributed by atoms with Crippen molar-refractivity contribution in [3.8, 4) is 0 Å². The first kappa shape index (κ1) is 18.5. The van der Waals surface area contributed by atoms with E-state index in [1.54, 1.807) is 0 Å². The third-order valence-corrected chi connectivity index (χ3v) is 5.32. The minimum Gasteiger partial charge on any atom is -0.381 e. The van der Waals surface area contributed by atoms with E-state index in [0.717, 1.165) is 57.4 Å². The highest BCUT2D eigenvalue weighted by Crippen LogP contribution is 2.27.